The smallest absolute Gasteiger partial charge is 0.408 e. The van der Waals surface area contributed by atoms with Crippen LogP contribution in [0, 0.1) is 6.92 Å². The molecule has 1 aromatic heterocycles. The first kappa shape index (κ1) is 15.1. The van der Waals surface area contributed by atoms with Crippen LogP contribution in [-0.2, 0) is 24.8 Å². The maximum Gasteiger partial charge on any atom is 0.419 e. The van der Waals surface area contributed by atoms with Crippen molar-refractivity contribution >= 4 is 17.0 Å². The third-order valence-electron chi connectivity index (χ3n) is 3.83. The van der Waals surface area contributed by atoms with Crippen LogP contribution >= 0.6 is 0 Å². The number of oxazole rings is 1. The zero-order chi connectivity index (χ0) is 16.4. The molecule has 0 saturated carbocycles. The van der Waals surface area contributed by atoms with Crippen LogP contribution in [-0.4, -0.2) is 10.5 Å². The van der Waals surface area contributed by atoms with Gasteiger partial charge in [0.05, 0.1) is 11.9 Å². The molecule has 5 nitrogen and oxygen atoms in total. The summed E-state index contributed by atoms with van der Waals surface area (Å²) in [5.41, 5.74) is 4.35. The minimum Gasteiger partial charge on any atom is -0.408 e. The number of carbonyl (C=O) groups is 1. The van der Waals surface area contributed by atoms with Crippen molar-refractivity contribution in [3.63, 3.8) is 0 Å². The minimum absolute atomic E-state index is 0.0324. The second kappa shape index (κ2) is 6.12. The summed E-state index contributed by atoms with van der Waals surface area (Å²) < 4.78 is 6.54. The van der Waals surface area contributed by atoms with Gasteiger partial charge < -0.3 is 9.73 Å². The summed E-state index contributed by atoms with van der Waals surface area (Å²) in [5, 5.41) is 2.90. The van der Waals surface area contributed by atoms with E-state index in [0.29, 0.717) is 18.5 Å². The number of nitrogens with one attached hydrogen (secondary N) is 1. The van der Waals surface area contributed by atoms with Crippen molar-refractivity contribution in [2.24, 2.45) is 7.05 Å². The van der Waals surface area contributed by atoms with Crippen molar-refractivity contribution in [3.05, 3.63) is 69.7 Å². The van der Waals surface area contributed by atoms with Gasteiger partial charge in [0, 0.05) is 13.6 Å². The average molecular weight is 310 g/mol. The van der Waals surface area contributed by atoms with Gasteiger partial charge in [-0.1, -0.05) is 35.9 Å². The third kappa shape index (κ3) is 3.34. The van der Waals surface area contributed by atoms with Crippen LogP contribution < -0.4 is 11.1 Å². The molecule has 0 fully saturated rings. The van der Waals surface area contributed by atoms with Crippen LogP contribution in [0.4, 0.5) is 0 Å². The summed E-state index contributed by atoms with van der Waals surface area (Å²) in [6.07, 6.45) is 0.354. The van der Waals surface area contributed by atoms with Crippen LogP contribution in [0.25, 0.3) is 11.1 Å². The van der Waals surface area contributed by atoms with E-state index >= 15 is 0 Å². The number of aromatic nitrogens is 1. The number of nitrogens with zero attached hydrogens (tertiary/aromatic N) is 1. The van der Waals surface area contributed by atoms with E-state index in [1.165, 1.54) is 10.1 Å². The van der Waals surface area contributed by atoms with E-state index in [9.17, 15) is 9.59 Å². The molecule has 3 aromatic rings. The van der Waals surface area contributed by atoms with Gasteiger partial charge in [-0.05, 0) is 30.2 Å². The fraction of sp³-hybridized carbons (Fsp3) is 0.222. The van der Waals surface area contributed by atoms with Crippen molar-refractivity contribution in [1.82, 2.24) is 9.88 Å². The average Bonchev–Trinajstić information content (AvgIpc) is 2.82. The summed E-state index contributed by atoms with van der Waals surface area (Å²) in [4.78, 5) is 23.5. The second-order valence-electron chi connectivity index (χ2n) is 5.67. The summed E-state index contributed by atoms with van der Waals surface area (Å²) in [6.45, 7) is 2.43. The normalized spacial score (nSPS) is 10.9. The largest absolute Gasteiger partial charge is 0.419 e. The molecular formula is C18H18N2O3. The Labute approximate surface area is 133 Å². The van der Waals surface area contributed by atoms with E-state index in [-0.39, 0.29) is 11.7 Å². The maximum atomic E-state index is 12.0. The quantitative estimate of drug-likeness (QED) is 0.804. The predicted molar refractivity (Wildman–Crippen MR) is 88.2 cm³/mol. The maximum absolute atomic E-state index is 12.0. The van der Waals surface area contributed by atoms with Crippen molar-refractivity contribution in [3.8, 4) is 0 Å². The molecule has 0 aliphatic carbocycles. The number of fused-ring (bicyclic) bond motifs is 1. The molecule has 1 heterocycles. The van der Waals surface area contributed by atoms with Crippen LogP contribution in [0.5, 0.6) is 0 Å². The SMILES string of the molecule is Cc1ccc(CC(=O)NCc2ccc3oc(=O)n(C)c3c2)cc1. The molecule has 0 saturated heterocycles. The molecule has 0 unspecified atom stereocenters. The van der Waals surface area contributed by atoms with E-state index in [0.717, 1.165) is 16.6 Å². The fourth-order valence-electron chi connectivity index (χ4n) is 2.44. The molecule has 0 bridgehead atoms. The van der Waals surface area contributed by atoms with Gasteiger partial charge in [-0.15, -0.1) is 0 Å². The number of benzene rings is 2. The first-order chi connectivity index (χ1) is 11.0. The Balaban J connectivity index is 1.65. The summed E-state index contributed by atoms with van der Waals surface area (Å²) in [7, 11) is 1.66. The van der Waals surface area contributed by atoms with Gasteiger partial charge in [-0.2, -0.15) is 0 Å². The van der Waals surface area contributed by atoms with Crippen molar-refractivity contribution in [2.75, 3.05) is 0 Å². The number of carbonyl (C=O) groups excluding carboxylic acids is 1. The van der Waals surface area contributed by atoms with E-state index in [1.807, 2.05) is 43.3 Å². The molecule has 0 aliphatic rings. The zero-order valence-corrected chi connectivity index (χ0v) is 13.1. The first-order valence-electron chi connectivity index (χ1n) is 7.43. The number of amides is 1. The minimum atomic E-state index is -0.388. The van der Waals surface area contributed by atoms with E-state index in [2.05, 4.69) is 5.32 Å². The Morgan fingerprint density at radius 2 is 1.83 bits per heavy atom. The molecule has 2 aromatic carbocycles. The van der Waals surface area contributed by atoms with Crippen molar-refractivity contribution < 1.29 is 9.21 Å². The zero-order valence-electron chi connectivity index (χ0n) is 13.1. The highest BCUT2D eigenvalue weighted by molar-refractivity contribution is 5.79. The van der Waals surface area contributed by atoms with Gasteiger partial charge in [0.25, 0.3) is 0 Å². The summed E-state index contributed by atoms with van der Waals surface area (Å²) >= 11 is 0. The Hall–Kier alpha value is -2.82. The lowest BCUT2D eigenvalue weighted by Crippen LogP contribution is -2.24. The Bertz CT molecular complexity index is 904. The fourth-order valence-corrected chi connectivity index (χ4v) is 2.44. The summed E-state index contributed by atoms with van der Waals surface area (Å²) in [6, 6.07) is 13.4. The lowest BCUT2D eigenvalue weighted by molar-refractivity contribution is -0.120. The van der Waals surface area contributed by atoms with E-state index in [1.54, 1.807) is 13.1 Å². The summed E-state index contributed by atoms with van der Waals surface area (Å²) in [5.74, 6) is -0.421. The van der Waals surface area contributed by atoms with Gasteiger partial charge >= 0.3 is 5.76 Å². The molecule has 0 aliphatic heterocycles. The second-order valence-corrected chi connectivity index (χ2v) is 5.67. The van der Waals surface area contributed by atoms with Crippen LogP contribution in [0.2, 0.25) is 0 Å². The topological polar surface area (TPSA) is 64.2 Å². The molecule has 0 spiro atoms. The highest BCUT2D eigenvalue weighted by Crippen LogP contribution is 2.14. The molecule has 5 heteroatoms. The van der Waals surface area contributed by atoms with E-state index in [4.69, 9.17) is 4.42 Å². The van der Waals surface area contributed by atoms with E-state index < -0.39 is 0 Å². The van der Waals surface area contributed by atoms with Gasteiger partial charge in [-0.3, -0.25) is 9.36 Å². The lowest BCUT2D eigenvalue weighted by atomic mass is 10.1. The highest BCUT2D eigenvalue weighted by Gasteiger charge is 2.08. The predicted octanol–water partition coefficient (Wildman–Crippen LogP) is 2.30. The van der Waals surface area contributed by atoms with Crippen molar-refractivity contribution in [1.29, 1.82) is 0 Å². The molecule has 1 amide bonds. The lowest BCUT2D eigenvalue weighted by Gasteiger charge is -2.06. The van der Waals surface area contributed by atoms with Gasteiger partial charge in [0.2, 0.25) is 5.91 Å². The molecular weight excluding hydrogens is 292 g/mol. The monoisotopic (exact) mass is 310 g/mol. The first-order valence-corrected chi connectivity index (χ1v) is 7.43. The molecule has 118 valence electrons. The molecule has 3 rings (SSSR count). The molecule has 23 heavy (non-hydrogen) atoms. The van der Waals surface area contributed by atoms with Crippen LogP contribution in [0.3, 0.4) is 0 Å². The van der Waals surface area contributed by atoms with Gasteiger partial charge in [-0.25, -0.2) is 4.79 Å². The Morgan fingerprint density at radius 1 is 1.13 bits per heavy atom. The van der Waals surface area contributed by atoms with Gasteiger partial charge in [0.15, 0.2) is 5.58 Å². The number of hydrogen-bond acceptors (Lipinski definition) is 3. The molecule has 1 N–H and O–H groups in total. The standard InChI is InChI=1S/C18H18N2O3/c1-12-3-5-13(6-4-12)10-17(21)19-11-14-7-8-16-15(9-14)20(2)18(22)23-16/h3-9H,10-11H2,1-2H3,(H,19,21). The van der Waals surface area contributed by atoms with Crippen molar-refractivity contribution in [2.45, 2.75) is 19.9 Å². The Kier molecular flexibility index (Phi) is 4.02. The third-order valence-corrected chi connectivity index (χ3v) is 3.83. The molecule has 0 radical (unpaired) electrons. The number of rotatable bonds is 4. The van der Waals surface area contributed by atoms with Crippen LogP contribution in [0.1, 0.15) is 16.7 Å². The molecule has 0 atom stereocenters. The number of aryl methyl sites for hydroxylation is 2. The Morgan fingerprint density at radius 3 is 2.57 bits per heavy atom. The van der Waals surface area contributed by atoms with Crippen LogP contribution in [0.15, 0.2) is 51.7 Å². The van der Waals surface area contributed by atoms with Gasteiger partial charge in [0.1, 0.15) is 0 Å². The number of hydrogen-bond donors (Lipinski definition) is 1. The highest BCUT2D eigenvalue weighted by atomic mass is 16.4.